The van der Waals surface area contributed by atoms with Crippen LogP contribution in [-0.4, -0.2) is 85.3 Å². The van der Waals surface area contributed by atoms with E-state index in [1.54, 1.807) is 6.92 Å². The van der Waals surface area contributed by atoms with Crippen LogP contribution in [0.4, 0.5) is 5.69 Å². The Balaban J connectivity index is 1.41. The van der Waals surface area contributed by atoms with Crippen LogP contribution in [0, 0.1) is 0 Å². The van der Waals surface area contributed by atoms with Crippen LogP contribution in [0.15, 0.2) is 24.3 Å². The standard InChI is InChI=1S/C20H27N3O7/c1-12(25)21-17-19-18(29-30-19)16(11-24)28-20(17)27-15-5-3-14(4-6-15)23-9-7-22(8-10-23)13(2)26/h3-6,16-20,24H,7-11H2,1-2H3,(H,21,25)/t16?,17-,18?,19?,20?/m0/s1. The predicted octanol–water partition coefficient (Wildman–Crippen LogP) is -0.345. The summed E-state index contributed by atoms with van der Waals surface area (Å²) in [5, 5.41) is 12.4. The number of hydrogen-bond donors (Lipinski definition) is 2. The second kappa shape index (κ2) is 8.76. The van der Waals surface area contributed by atoms with Gasteiger partial charge in [-0.2, -0.15) is 0 Å². The summed E-state index contributed by atoms with van der Waals surface area (Å²) in [7, 11) is 0. The van der Waals surface area contributed by atoms with Gasteiger partial charge in [0.25, 0.3) is 0 Å². The van der Waals surface area contributed by atoms with Gasteiger partial charge in [0.2, 0.25) is 18.1 Å². The highest BCUT2D eigenvalue weighted by molar-refractivity contribution is 5.74. The third kappa shape index (κ3) is 4.22. The van der Waals surface area contributed by atoms with E-state index in [0.717, 1.165) is 18.8 Å². The molecule has 0 aromatic heterocycles. The zero-order valence-corrected chi connectivity index (χ0v) is 17.0. The number of aliphatic hydroxyl groups is 1. The molecule has 3 heterocycles. The van der Waals surface area contributed by atoms with Crippen LogP contribution in [0.5, 0.6) is 5.75 Å². The number of nitrogens with one attached hydrogen (secondary N) is 1. The fourth-order valence-corrected chi connectivity index (χ4v) is 3.99. The smallest absolute Gasteiger partial charge is 0.223 e. The van der Waals surface area contributed by atoms with Crippen LogP contribution in [0.1, 0.15) is 13.8 Å². The summed E-state index contributed by atoms with van der Waals surface area (Å²) >= 11 is 0. The summed E-state index contributed by atoms with van der Waals surface area (Å²) in [6, 6.07) is 7.00. The first-order valence-electron chi connectivity index (χ1n) is 10.1. The van der Waals surface area contributed by atoms with E-state index in [2.05, 4.69) is 10.2 Å². The Kier molecular flexibility index (Phi) is 6.09. The molecule has 164 valence electrons. The molecule has 3 fully saturated rings. The number of hydrogen-bond acceptors (Lipinski definition) is 8. The molecule has 0 bridgehead atoms. The minimum Gasteiger partial charge on any atom is -0.463 e. The molecule has 3 aliphatic rings. The lowest BCUT2D eigenvalue weighted by atomic mass is 9.95. The molecular formula is C20H27N3O7. The number of amides is 2. The predicted molar refractivity (Wildman–Crippen MR) is 105 cm³/mol. The molecular weight excluding hydrogens is 394 g/mol. The lowest BCUT2D eigenvalue weighted by Gasteiger charge is -2.49. The van der Waals surface area contributed by atoms with Crippen molar-refractivity contribution >= 4 is 17.5 Å². The normalized spacial score (nSPS) is 30.8. The Labute approximate surface area is 174 Å². The number of ether oxygens (including phenoxy) is 2. The van der Waals surface area contributed by atoms with Gasteiger partial charge < -0.3 is 29.7 Å². The summed E-state index contributed by atoms with van der Waals surface area (Å²) < 4.78 is 11.8. The minimum absolute atomic E-state index is 0.101. The fourth-order valence-electron chi connectivity index (χ4n) is 3.99. The van der Waals surface area contributed by atoms with Gasteiger partial charge in [-0.25, -0.2) is 9.78 Å². The molecule has 5 atom stereocenters. The van der Waals surface area contributed by atoms with Crippen LogP contribution < -0.4 is 15.0 Å². The van der Waals surface area contributed by atoms with Crippen molar-refractivity contribution in [2.75, 3.05) is 37.7 Å². The summed E-state index contributed by atoms with van der Waals surface area (Å²) in [5.41, 5.74) is 1.04. The first-order chi connectivity index (χ1) is 14.5. The zero-order valence-electron chi connectivity index (χ0n) is 17.0. The number of rotatable bonds is 5. The van der Waals surface area contributed by atoms with Crippen molar-refractivity contribution in [2.45, 2.75) is 44.5 Å². The minimum atomic E-state index is -0.832. The van der Waals surface area contributed by atoms with Gasteiger partial charge in [0.1, 0.15) is 17.9 Å². The lowest BCUT2D eigenvalue weighted by Crippen LogP contribution is -2.71. The summed E-state index contributed by atoms with van der Waals surface area (Å²) in [6.45, 7) is 5.70. The molecule has 30 heavy (non-hydrogen) atoms. The zero-order chi connectivity index (χ0) is 21.3. The third-order valence-electron chi connectivity index (χ3n) is 5.65. The average Bonchev–Trinajstić information content (AvgIpc) is 2.70. The van der Waals surface area contributed by atoms with Gasteiger partial charge >= 0.3 is 0 Å². The molecule has 1 aromatic rings. The van der Waals surface area contributed by atoms with E-state index in [1.165, 1.54) is 6.92 Å². The van der Waals surface area contributed by atoms with Gasteiger partial charge in [0.05, 0.1) is 6.61 Å². The Morgan fingerprint density at radius 1 is 1.10 bits per heavy atom. The second-order valence-electron chi connectivity index (χ2n) is 7.68. The van der Waals surface area contributed by atoms with E-state index in [9.17, 15) is 14.7 Å². The highest BCUT2D eigenvalue weighted by Crippen LogP contribution is 2.34. The third-order valence-corrected chi connectivity index (χ3v) is 5.65. The van der Waals surface area contributed by atoms with Crippen molar-refractivity contribution in [3.05, 3.63) is 24.3 Å². The van der Waals surface area contributed by atoms with Gasteiger partial charge in [-0.05, 0) is 24.3 Å². The molecule has 4 unspecified atom stereocenters. The molecule has 2 N–H and O–H groups in total. The molecule has 10 heteroatoms. The van der Waals surface area contributed by atoms with Crippen LogP contribution in [-0.2, 0) is 24.1 Å². The first-order valence-corrected chi connectivity index (χ1v) is 10.1. The van der Waals surface area contributed by atoms with E-state index >= 15 is 0 Å². The van der Waals surface area contributed by atoms with Crippen LogP contribution in [0.25, 0.3) is 0 Å². The summed E-state index contributed by atoms with van der Waals surface area (Å²) in [4.78, 5) is 37.3. The quantitative estimate of drug-likeness (QED) is 0.622. The van der Waals surface area contributed by atoms with Gasteiger partial charge in [-0.1, -0.05) is 0 Å². The van der Waals surface area contributed by atoms with Crippen LogP contribution in [0.3, 0.4) is 0 Å². The SMILES string of the molecule is CC(=O)N[C@@H]1C(Oc2ccc(N3CCN(C(C)=O)CC3)cc2)OC(CO)C2OOC21. The van der Waals surface area contributed by atoms with E-state index in [1.807, 2.05) is 29.2 Å². The van der Waals surface area contributed by atoms with Gasteiger partial charge in [0, 0.05) is 45.7 Å². The molecule has 3 saturated heterocycles. The molecule has 4 rings (SSSR count). The highest BCUT2D eigenvalue weighted by Gasteiger charge is 2.55. The molecule has 2 amide bonds. The summed E-state index contributed by atoms with van der Waals surface area (Å²) in [5.74, 6) is 0.426. The van der Waals surface area contributed by atoms with Gasteiger partial charge in [0.15, 0.2) is 12.2 Å². The first kappa shape index (κ1) is 20.9. The number of nitrogens with zero attached hydrogens (tertiary/aromatic N) is 2. The van der Waals surface area contributed by atoms with E-state index in [-0.39, 0.29) is 18.4 Å². The molecule has 0 aliphatic carbocycles. The Morgan fingerprint density at radius 3 is 2.30 bits per heavy atom. The highest BCUT2D eigenvalue weighted by atomic mass is 17.3. The average molecular weight is 421 g/mol. The maximum atomic E-state index is 11.6. The van der Waals surface area contributed by atoms with Crippen LogP contribution in [0.2, 0.25) is 0 Å². The fraction of sp³-hybridized carbons (Fsp3) is 0.600. The number of fused-ring (bicyclic) bond motifs is 1. The molecule has 0 spiro atoms. The van der Waals surface area contributed by atoms with Gasteiger partial charge in [-0.15, -0.1) is 0 Å². The van der Waals surface area contributed by atoms with Crippen molar-refractivity contribution in [2.24, 2.45) is 0 Å². The van der Waals surface area contributed by atoms with Crippen LogP contribution >= 0.6 is 0 Å². The Hall–Kier alpha value is -2.40. The van der Waals surface area contributed by atoms with E-state index < -0.39 is 30.6 Å². The van der Waals surface area contributed by atoms with E-state index in [4.69, 9.17) is 19.2 Å². The van der Waals surface area contributed by atoms with Crippen molar-refractivity contribution in [3.8, 4) is 5.75 Å². The summed E-state index contributed by atoms with van der Waals surface area (Å²) in [6.07, 6.45) is -2.35. The monoisotopic (exact) mass is 421 g/mol. The number of carbonyl (C=O) groups is 2. The number of carbonyl (C=O) groups excluding carboxylic acids is 2. The topological polar surface area (TPSA) is 110 Å². The lowest BCUT2D eigenvalue weighted by molar-refractivity contribution is -0.506. The number of benzene rings is 1. The Morgan fingerprint density at radius 2 is 1.77 bits per heavy atom. The maximum Gasteiger partial charge on any atom is 0.223 e. The molecule has 0 radical (unpaired) electrons. The molecule has 3 aliphatic heterocycles. The van der Waals surface area contributed by atoms with Gasteiger partial charge in [-0.3, -0.25) is 9.59 Å². The largest absolute Gasteiger partial charge is 0.463 e. The van der Waals surface area contributed by atoms with Crippen molar-refractivity contribution in [1.82, 2.24) is 10.2 Å². The second-order valence-corrected chi connectivity index (χ2v) is 7.68. The maximum absolute atomic E-state index is 11.6. The number of aliphatic hydroxyl groups excluding tert-OH is 1. The molecule has 1 aromatic carbocycles. The molecule has 10 nitrogen and oxygen atoms in total. The van der Waals surface area contributed by atoms with Crippen molar-refractivity contribution < 1.29 is 33.9 Å². The van der Waals surface area contributed by atoms with E-state index in [0.29, 0.717) is 18.8 Å². The Bertz CT molecular complexity index is 766. The molecule has 0 saturated carbocycles. The van der Waals surface area contributed by atoms with Crippen molar-refractivity contribution in [3.63, 3.8) is 0 Å². The number of anilines is 1. The number of piperazine rings is 1. The van der Waals surface area contributed by atoms with Crippen molar-refractivity contribution in [1.29, 1.82) is 0 Å².